The van der Waals surface area contributed by atoms with Crippen molar-refractivity contribution < 1.29 is 46.7 Å². The topological polar surface area (TPSA) is 105 Å². The Morgan fingerprint density at radius 1 is 0.804 bits per heavy atom. The number of phosphoric acid groups is 1. The molecular weight excluding hydrogens is 609 g/mol. The fraction of sp³-hybridized carbons (Fsp3) is 0.829. The fourth-order valence-electron chi connectivity index (χ4n) is 6.35. The van der Waals surface area contributed by atoms with Gasteiger partial charge in [0.2, 0.25) is 0 Å². The van der Waals surface area contributed by atoms with E-state index < -0.39 is 50.1 Å². The third-order valence-corrected chi connectivity index (χ3v) is 9.80. The van der Waals surface area contributed by atoms with Crippen molar-refractivity contribution in [3.8, 4) is 0 Å². The average Bonchev–Trinajstić information content (AvgIpc) is 3.64. The van der Waals surface area contributed by atoms with Gasteiger partial charge in [0.25, 0.3) is 7.82 Å². The molecule has 0 bridgehead atoms. The molecule has 0 N–H and O–H groups in total. The number of nitrogens with zero attached hydrogens (tertiary/aromatic N) is 1. The Balaban J connectivity index is 0.000000292. The van der Waals surface area contributed by atoms with E-state index in [1.807, 2.05) is 6.07 Å². The van der Waals surface area contributed by atoms with Gasteiger partial charge in [-0.2, -0.15) is 0 Å². The normalized spacial score (nSPS) is 28.0. The van der Waals surface area contributed by atoms with E-state index in [4.69, 9.17) is 32.7 Å². The molecule has 266 valence electrons. The van der Waals surface area contributed by atoms with E-state index in [1.165, 1.54) is 82.0 Å². The molecule has 46 heavy (non-hydrogen) atoms. The van der Waals surface area contributed by atoms with E-state index in [2.05, 4.69) is 27.7 Å². The van der Waals surface area contributed by atoms with E-state index in [-0.39, 0.29) is 13.2 Å². The number of hydrogen-bond donors (Lipinski definition) is 0. The molecule has 3 heterocycles. The SMILES string of the molecule is CC1(C)O[C@H]2O[C@H]([C@H]3COC(C)(C)O3)[C@H](OP(=O)([O-])OCc3ccccc3)[C@H]2O1.CCCC[N+](CCCC)(CCCC)CCCC. The van der Waals surface area contributed by atoms with Crippen molar-refractivity contribution in [1.29, 1.82) is 0 Å². The number of ether oxygens (including phenoxy) is 5. The van der Waals surface area contributed by atoms with Gasteiger partial charge in [-0.1, -0.05) is 83.7 Å². The van der Waals surface area contributed by atoms with Crippen LogP contribution >= 0.6 is 7.82 Å². The van der Waals surface area contributed by atoms with Crippen LogP contribution in [-0.4, -0.2) is 79.5 Å². The molecule has 3 aliphatic rings. The predicted octanol–water partition coefficient (Wildman–Crippen LogP) is 7.09. The summed E-state index contributed by atoms with van der Waals surface area (Å²) in [7, 11) is -4.67. The average molecular weight is 672 g/mol. The lowest BCUT2D eigenvalue weighted by atomic mass is 10.1. The highest BCUT2D eigenvalue weighted by Crippen LogP contribution is 2.49. The number of phosphoric ester groups is 1. The molecule has 11 heteroatoms. The highest BCUT2D eigenvalue weighted by Gasteiger charge is 2.59. The summed E-state index contributed by atoms with van der Waals surface area (Å²) < 4.78 is 53.5. The molecule has 0 aliphatic carbocycles. The first-order valence-corrected chi connectivity index (χ1v) is 19.1. The molecule has 0 amide bonds. The largest absolute Gasteiger partial charge is 0.756 e. The van der Waals surface area contributed by atoms with Crippen LogP contribution in [0.15, 0.2) is 30.3 Å². The summed E-state index contributed by atoms with van der Waals surface area (Å²) in [4.78, 5) is 12.6. The smallest absolute Gasteiger partial charge is 0.268 e. The van der Waals surface area contributed by atoms with E-state index >= 15 is 0 Å². The van der Waals surface area contributed by atoms with Crippen molar-refractivity contribution in [3.05, 3.63) is 35.9 Å². The number of unbranched alkanes of at least 4 members (excludes halogenated alkanes) is 4. The van der Waals surface area contributed by atoms with Crippen molar-refractivity contribution in [2.75, 3.05) is 32.8 Å². The highest BCUT2D eigenvalue weighted by molar-refractivity contribution is 7.45. The second-order valence-corrected chi connectivity index (χ2v) is 15.2. The summed E-state index contributed by atoms with van der Waals surface area (Å²) in [6.07, 6.45) is 7.25. The van der Waals surface area contributed by atoms with E-state index in [0.29, 0.717) is 5.56 Å². The van der Waals surface area contributed by atoms with Gasteiger partial charge in [-0.3, -0.25) is 4.57 Å². The summed E-state index contributed by atoms with van der Waals surface area (Å²) in [6.45, 7) is 22.1. The van der Waals surface area contributed by atoms with Crippen LogP contribution < -0.4 is 4.89 Å². The Labute approximate surface area is 278 Å². The number of fused-ring (bicyclic) bond motifs is 1. The van der Waals surface area contributed by atoms with E-state index in [9.17, 15) is 9.46 Å². The fourth-order valence-corrected chi connectivity index (χ4v) is 7.26. The number of benzene rings is 1. The minimum atomic E-state index is -4.67. The van der Waals surface area contributed by atoms with Crippen LogP contribution in [0.3, 0.4) is 0 Å². The molecule has 0 aromatic heterocycles. The Morgan fingerprint density at radius 2 is 1.35 bits per heavy atom. The zero-order chi connectivity index (χ0) is 33.8. The standard InChI is InChI=1S/C19H27O9P.C16H36N/c1-18(2)22-11-13(25-18)14-15(16-17(24-14)27-19(3,4)26-16)28-29(20,21)23-10-12-8-6-5-7-9-12;1-5-9-13-17(14-10-6-2,15-11-7-3)16-12-8-4/h5-9,13-17H,10-11H2,1-4H3,(H,20,21);5-16H2,1-4H3/q;+1/p-1/t13-,14-,15+,16-,17-;/m1./s1. The molecule has 0 spiro atoms. The first-order chi connectivity index (χ1) is 21.8. The number of hydrogen-bond acceptors (Lipinski definition) is 9. The van der Waals surface area contributed by atoms with Crippen molar-refractivity contribution in [2.24, 2.45) is 0 Å². The van der Waals surface area contributed by atoms with Gasteiger partial charge in [0, 0.05) is 0 Å². The molecule has 3 saturated heterocycles. The Hall–Kier alpha value is -0.910. The molecule has 6 atom stereocenters. The summed E-state index contributed by atoms with van der Waals surface area (Å²) in [5.74, 6) is -1.73. The van der Waals surface area contributed by atoms with Crippen molar-refractivity contribution >= 4 is 7.82 Å². The summed E-state index contributed by atoms with van der Waals surface area (Å²) in [6, 6.07) is 8.96. The molecule has 0 saturated carbocycles. The lowest BCUT2D eigenvalue weighted by Crippen LogP contribution is -2.50. The maximum Gasteiger partial charge on any atom is 0.268 e. The van der Waals surface area contributed by atoms with E-state index in [0.717, 1.165) is 0 Å². The lowest BCUT2D eigenvalue weighted by Gasteiger charge is -2.39. The molecule has 4 rings (SSSR count). The molecule has 3 fully saturated rings. The molecular formula is C35H62NO9P. The maximum atomic E-state index is 12.6. The maximum absolute atomic E-state index is 12.6. The lowest BCUT2D eigenvalue weighted by molar-refractivity contribution is -0.929. The molecule has 1 aromatic rings. The third-order valence-electron chi connectivity index (χ3n) is 8.85. The number of rotatable bonds is 18. The Morgan fingerprint density at radius 3 is 1.83 bits per heavy atom. The van der Waals surface area contributed by atoms with Gasteiger partial charge in [-0.05, 0) is 58.9 Å². The monoisotopic (exact) mass is 671 g/mol. The summed E-state index contributed by atoms with van der Waals surface area (Å²) >= 11 is 0. The number of quaternary nitrogens is 1. The predicted molar refractivity (Wildman–Crippen MR) is 177 cm³/mol. The molecule has 1 aromatic carbocycles. The first kappa shape index (κ1) is 39.5. The van der Waals surface area contributed by atoms with Crippen LogP contribution in [0.2, 0.25) is 0 Å². The van der Waals surface area contributed by atoms with Crippen LogP contribution in [-0.2, 0) is 43.9 Å². The molecule has 3 aliphatic heterocycles. The second kappa shape index (κ2) is 18.2. The molecule has 0 radical (unpaired) electrons. The molecule has 1 unspecified atom stereocenters. The van der Waals surface area contributed by atoms with Crippen LogP contribution in [0.25, 0.3) is 0 Å². The van der Waals surface area contributed by atoms with Crippen LogP contribution in [0.4, 0.5) is 0 Å². The van der Waals surface area contributed by atoms with Gasteiger partial charge in [-0.15, -0.1) is 0 Å². The quantitative estimate of drug-likeness (QED) is 0.120. The van der Waals surface area contributed by atoms with Crippen molar-refractivity contribution in [3.63, 3.8) is 0 Å². The van der Waals surface area contributed by atoms with Gasteiger partial charge >= 0.3 is 0 Å². The minimum Gasteiger partial charge on any atom is -0.756 e. The van der Waals surface area contributed by atoms with Crippen LogP contribution in [0.5, 0.6) is 0 Å². The van der Waals surface area contributed by atoms with Gasteiger partial charge in [0.15, 0.2) is 17.9 Å². The van der Waals surface area contributed by atoms with Crippen LogP contribution in [0.1, 0.15) is 112 Å². The van der Waals surface area contributed by atoms with Gasteiger partial charge in [-0.25, -0.2) is 0 Å². The summed E-state index contributed by atoms with van der Waals surface area (Å²) in [5, 5.41) is 0. The molecule has 10 nitrogen and oxygen atoms in total. The first-order valence-electron chi connectivity index (χ1n) is 17.6. The van der Waals surface area contributed by atoms with E-state index in [1.54, 1.807) is 52.0 Å². The summed E-state index contributed by atoms with van der Waals surface area (Å²) in [5.41, 5.74) is 0.708. The minimum absolute atomic E-state index is 0.132. The zero-order valence-corrected chi connectivity index (χ0v) is 30.6. The highest BCUT2D eigenvalue weighted by atomic mass is 31.2. The zero-order valence-electron chi connectivity index (χ0n) is 29.7. The van der Waals surface area contributed by atoms with Gasteiger partial charge < -0.3 is 42.1 Å². The van der Waals surface area contributed by atoms with Crippen molar-refractivity contribution in [2.45, 2.75) is 156 Å². The third kappa shape index (κ3) is 12.2. The Bertz CT molecular complexity index is 1020. The van der Waals surface area contributed by atoms with Gasteiger partial charge in [0.1, 0.15) is 24.4 Å². The Kier molecular flexibility index (Phi) is 15.6. The van der Waals surface area contributed by atoms with Crippen LogP contribution in [0, 0.1) is 0 Å². The van der Waals surface area contributed by atoms with Gasteiger partial charge in [0.05, 0.1) is 39.4 Å². The second-order valence-electron chi connectivity index (χ2n) is 13.9. The van der Waals surface area contributed by atoms with Crippen molar-refractivity contribution in [1.82, 2.24) is 0 Å².